The minimum atomic E-state index is -0.142. The topological polar surface area (TPSA) is 54.9 Å². The minimum Gasteiger partial charge on any atom is -0.298 e. The van der Waals surface area contributed by atoms with Crippen molar-refractivity contribution < 1.29 is 4.79 Å². The summed E-state index contributed by atoms with van der Waals surface area (Å²) in [6.45, 7) is 2.14. The summed E-state index contributed by atoms with van der Waals surface area (Å²) in [7, 11) is 0. The summed E-state index contributed by atoms with van der Waals surface area (Å²) in [4.78, 5) is 20.9. The Morgan fingerprint density at radius 1 is 1.25 bits per heavy atom. The van der Waals surface area contributed by atoms with Crippen molar-refractivity contribution >= 4 is 34.1 Å². The van der Waals surface area contributed by atoms with Crippen LogP contribution in [0.3, 0.4) is 0 Å². The third-order valence-electron chi connectivity index (χ3n) is 3.37. The number of rotatable bonds is 6. The lowest BCUT2D eigenvalue weighted by molar-refractivity contribution is 0.102. The van der Waals surface area contributed by atoms with Gasteiger partial charge in [-0.15, -0.1) is 11.3 Å². The van der Waals surface area contributed by atoms with Crippen LogP contribution in [-0.4, -0.2) is 21.6 Å². The Morgan fingerprint density at radius 2 is 2.08 bits per heavy atom. The Hall–Kier alpha value is -2.18. The summed E-state index contributed by atoms with van der Waals surface area (Å²) >= 11 is 3.27. The number of hydrogen-bond donors (Lipinski definition) is 1. The van der Waals surface area contributed by atoms with E-state index < -0.39 is 0 Å². The van der Waals surface area contributed by atoms with E-state index >= 15 is 0 Å². The standard InChI is InChI=1S/C18H17N3OS2/c1-2-23-11-13-5-7-14(8-6-13)17(22)21-18-20-16(12-24-18)15-4-3-9-19-10-15/h3-10,12H,2,11H2,1H3,(H,20,21,22). The van der Waals surface area contributed by atoms with E-state index in [1.165, 1.54) is 16.9 Å². The predicted molar refractivity (Wildman–Crippen MR) is 102 cm³/mol. The molecule has 3 aromatic rings. The Bertz CT molecular complexity index is 801. The number of nitrogens with one attached hydrogen (secondary N) is 1. The monoisotopic (exact) mass is 355 g/mol. The number of carbonyl (C=O) groups is 1. The van der Waals surface area contributed by atoms with E-state index in [2.05, 4.69) is 22.2 Å². The van der Waals surface area contributed by atoms with Crippen LogP contribution in [0.25, 0.3) is 11.3 Å². The molecule has 0 unspecified atom stereocenters. The van der Waals surface area contributed by atoms with Gasteiger partial charge in [0.2, 0.25) is 0 Å². The van der Waals surface area contributed by atoms with E-state index in [4.69, 9.17) is 0 Å². The van der Waals surface area contributed by atoms with Gasteiger partial charge in [-0.1, -0.05) is 19.1 Å². The summed E-state index contributed by atoms with van der Waals surface area (Å²) in [5.41, 5.74) is 3.62. The number of carbonyl (C=O) groups excluding carboxylic acids is 1. The van der Waals surface area contributed by atoms with Crippen molar-refractivity contribution in [1.29, 1.82) is 0 Å². The Balaban J connectivity index is 1.66. The second-order valence-electron chi connectivity index (χ2n) is 5.07. The van der Waals surface area contributed by atoms with Crippen LogP contribution in [0, 0.1) is 0 Å². The maximum absolute atomic E-state index is 12.3. The van der Waals surface area contributed by atoms with E-state index in [-0.39, 0.29) is 5.91 Å². The Labute approximate surface area is 149 Å². The molecule has 122 valence electrons. The first kappa shape index (κ1) is 16.7. The molecule has 6 heteroatoms. The van der Waals surface area contributed by atoms with Gasteiger partial charge in [-0.05, 0) is 35.6 Å². The van der Waals surface area contributed by atoms with Crippen LogP contribution in [-0.2, 0) is 5.75 Å². The molecule has 0 saturated carbocycles. The third kappa shape index (κ3) is 4.21. The average Bonchev–Trinajstić information content (AvgIpc) is 3.09. The fraction of sp³-hybridized carbons (Fsp3) is 0.167. The molecule has 0 bridgehead atoms. The first-order valence-electron chi connectivity index (χ1n) is 7.60. The molecular formula is C18H17N3OS2. The van der Waals surface area contributed by atoms with Crippen LogP contribution in [0.5, 0.6) is 0 Å². The molecule has 0 aliphatic heterocycles. The van der Waals surface area contributed by atoms with Crippen molar-refractivity contribution in [3.05, 3.63) is 65.3 Å². The molecule has 0 saturated heterocycles. The first-order valence-corrected chi connectivity index (χ1v) is 9.63. The van der Waals surface area contributed by atoms with Gasteiger partial charge < -0.3 is 0 Å². The van der Waals surface area contributed by atoms with Crippen molar-refractivity contribution in [2.75, 3.05) is 11.1 Å². The average molecular weight is 355 g/mol. The van der Waals surface area contributed by atoms with Gasteiger partial charge in [-0.3, -0.25) is 15.1 Å². The van der Waals surface area contributed by atoms with E-state index in [1.807, 2.05) is 53.5 Å². The lowest BCUT2D eigenvalue weighted by Gasteiger charge is -2.04. The molecule has 2 aromatic heterocycles. The number of thiazole rings is 1. The predicted octanol–water partition coefficient (Wildman–Crippen LogP) is 4.71. The molecule has 24 heavy (non-hydrogen) atoms. The number of anilines is 1. The van der Waals surface area contributed by atoms with Gasteiger partial charge in [0.15, 0.2) is 5.13 Å². The van der Waals surface area contributed by atoms with Crippen LogP contribution in [0.2, 0.25) is 0 Å². The van der Waals surface area contributed by atoms with Gasteiger partial charge in [-0.2, -0.15) is 11.8 Å². The second kappa shape index (κ2) is 8.08. The smallest absolute Gasteiger partial charge is 0.257 e. The number of amides is 1. The maximum atomic E-state index is 12.3. The Kier molecular flexibility index (Phi) is 5.61. The molecule has 4 nitrogen and oxygen atoms in total. The number of benzene rings is 1. The van der Waals surface area contributed by atoms with Gasteiger partial charge in [-0.25, -0.2) is 4.98 Å². The molecule has 0 atom stereocenters. The highest BCUT2D eigenvalue weighted by molar-refractivity contribution is 7.98. The van der Waals surface area contributed by atoms with Crippen LogP contribution in [0.4, 0.5) is 5.13 Å². The first-order chi connectivity index (χ1) is 11.8. The zero-order chi connectivity index (χ0) is 16.8. The van der Waals surface area contributed by atoms with E-state index in [0.29, 0.717) is 10.7 Å². The zero-order valence-electron chi connectivity index (χ0n) is 13.2. The second-order valence-corrected chi connectivity index (χ2v) is 7.20. The summed E-state index contributed by atoms with van der Waals surface area (Å²) < 4.78 is 0. The summed E-state index contributed by atoms with van der Waals surface area (Å²) in [6.07, 6.45) is 3.48. The summed E-state index contributed by atoms with van der Waals surface area (Å²) in [5.74, 6) is 1.92. The van der Waals surface area contributed by atoms with Crippen molar-refractivity contribution in [2.45, 2.75) is 12.7 Å². The van der Waals surface area contributed by atoms with E-state index in [9.17, 15) is 4.79 Å². The molecule has 3 rings (SSSR count). The number of hydrogen-bond acceptors (Lipinski definition) is 5. The maximum Gasteiger partial charge on any atom is 0.257 e. The molecule has 0 aliphatic carbocycles. The SMILES string of the molecule is CCSCc1ccc(C(=O)Nc2nc(-c3cccnc3)cs2)cc1. The minimum absolute atomic E-state index is 0.142. The highest BCUT2D eigenvalue weighted by Gasteiger charge is 2.10. The molecular weight excluding hydrogens is 338 g/mol. The van der Waals surface area contributed by atoms with Gasteiger partial charge in [0.05, 0.1) is 5.69 Å². The van der Waals surface area contributed by atoms with Crippen LogP contribution in [0.15, 0.2) is 54.2 Å². The van der Waals surface area contributed by atoms with Crippen molar-refractivity contribution in [3.8, 4) is 11.3 Å². The molecule has 0 spiro atoms. The number of aromatic nitrogens is 2. The van der Waals surface area contributed by atoms with Crippen LogP contribution in [0.1, 0.15) is 22.8 Å². The van der Waals surface area contributed by atoms with Crippen molar-refractivity contribution in [1.82, 2.24) is 9.97 Å². The molecule has 0 fully saturated rings. The molecule has 1 N–H and O–H groups in total. The molecule has 2 heterocycles. The molecule has 1 aromatic carbocycles. The fourth-order valence-corrected chi connectivity index (χ4v) is 3.47. The normalized spacial score (nSPS) is 10.5. The van der Waals surface area contributed by atoms with Gasteiger partial charge in [0, 0.05) is 34.7 Å². The van der Waals surface area contributed by atoms with E-state index in [1.54, 1.807) is 12.4 Å². The molecule has 1 amide bonds. The largest absolute Gasteiger partial charge is 0.298 e. The quantitative estimate of drug-likeness (QED) is 0.696. The number of pyridine rings is 1. The van der Waals surface area contributed by atoms with Crippen molar-refractivity contribution in [3.63, 3.8) is 0 Å². The summed E-state index contributed by atoms with van der Waals surface area (Å²) in [5, 5.41) is 5.36. The lowest BCUT2D eigenvalue weighted by Crippen LogP contribution is -2.11. The number of nitrogens with zero attached hydrogens (tertiary/aromatic N) is 2. The zero-order valence-corrected chi connectivity index (χ0v) is 14.9. The fourth-order valence-electron chi connectivity index (χ4n) is 2.12. The Morgan fingerprint density at radius 3 is 2.79 bits per heavy atom. The highest BCUT2D eigenvalue weighted by atomic mass is 32.2. The van der Waals surface area contributed by atoms with Gasteiger partial charge in [0.25, 0.3) is 5.91 Å². The molecule has 0 aliphatic rings. The van der Waals surface area contributed by atoms with E-state index in [0.717, 1.165) is 22.8 Å². The highest BCUT2D eigenvalue weighted by Crippen LogP contribution is 2.24. The van der Waals surface area contributed by atoms with Crippen LogP contribution >= 0.6 is 23.1 Å². The molecule has 0 radical (unpaired) electrons. The van der Waals surface area contributed by atoms with Gasteiger partial charge in [0.1, 0.15) is 0 Å². The third-order valence-corrected chi connectivity index (χ3v) is 5.07. The van der Waals surface area contributed by atoms with Gasteiger partial charge >= 0.3 is 0 Å². The number of thioether (sulfide) groups is 1. The summed E-state index contributed by atoms with van der Waals surface area (Å²) in [6, 6.07) is 11.5. The van der Waals surface area contributed by atoms with Crippen LogP contribution < -0.4 is 5.32 Å². The van der Waals surface area contributed by atoms with Crippen molar-refractivity contribution in [2.24, 2.45) is 0 Å². The lowest BCUT2D eigenvalue weighted by atomic mass is 10.1.